The molecule has 4 aromatic rings. The first kappa shape index (κ1) is 16.6. The Morgan fingerprint density at radius 1 is 1.07 bits per heavy atom. The minimum atomic E-state index is -0.290. The number of rotatable bonds is 5. The van der Waals surface area contributed by atoms with Crippen LogP contribution in [-0.4, -0.2) is 35.7 Å². The van der Waals surface area contributed by atoms with E-state index in [9.17, 15) is 4.79 Å². The topological polar surface area (TPSA) is 90.5 Å². The molecule has 4 rings (SSSR count). The van der Waals surface area contributed by atoms with Crippen molar-refractivity contribution in [2.45, 2.75) is 6.54 Å². The number of aromatic nitrogens is 6. The SMILES string of the molecule is Cn1nc(-c2cccnc2)cc1CNC(=O)c1cnn(-c2ccccc2)n1. The fourth-order valence-corrected chi connectivity index (χ4v) is 2.64. The molecule has 0 fully saturated rings. The Morgan fingerprint density at radius 3 is 2.70 bits per heavy atom. The number of carbonyl (C=O) groups is 1. The monoisotopic (exact) mass is 359 g/mol. The van der Waals surface area contributed by atoms with Crippen molar-refractivity contribution in [3.63, 3.8) is 0 Å². The van der Waals surface area contributed by atoms with Crippen molar-refractivity contribution in [2.24, 2.45) is 7.05 Å². The predicted octanol–water partition coefficient (Wildman–Crippen LogP) is 1.99. The van der Waals surface area contributed by atoms with Gasteiger partial charge in [0, 0.05) is 25.0 Å². The average Bonchev–Trinajstić information content (AvgIpc) is 3.35. The third-order valence-electron chi connectivity index (χ3n) is 4.08. The molecule has 8 nitrogen and oxygen atoms in total. The molecule has 134 valence electrons. The Kier molecular flexibility index (Phi) is 4.44. The molecule has 0 unspecified atom stereocenters. The van der Waals surface area contributed by atoms with Crippen LogP contribution in [0.3, 0.4) is 0 Å². The molecule has 0 saturated carbocycles. The molecule has 0 aliphatic rings. The summed E-state index contributed by atoms with van der Waals surface area (Å²) in [6.07, 6.45) is 4.93. The minimum absolute atomic E-state index is 0.258. The summed E-state index contributed by atoms with van der Waals surface area (Å²) in [5, 5.41) is 15.7. The predicted molar refractivity (Wildman–Crippen MR) is 99.0 cm³/mol. The third-order valence-corrected chi connectivity index (χ3v) is 4.08. The van der Waals surface area contributed by atoms with Crippen LogP contribution in [0.25, 0.3) is 16.9 Å². The molecule has 3 aromatic heterocycles. The first-order valence-corrected chi connectivity index (χ1v) is 8.40. The van der Waals surface area contributed by atoms with Crippen LogP contribution in [0.15, 0.2) is 67.1 Å². The first-order valence-electron chi connectivity index (χ1n) is 8.40. The normalized spacial score (nSPS) is 10.7. The van der Waals surface area contributed by atoms with Crippen LogP contribution in [0.5, 0.6) is 0 Å². The lowest BCUT2D eigenvalue weighted by Crippen LogP contribution is -2.24. The lowest BCUT2D eigenvalue weighted by atomic mass is 10.2. The number of aryl methyl sites for hydroxylation is 1. The summed E-state index contributed by atoms with van der Waals surface area (Å²) in [5.74, 6) is -0.290. The minimum Gasteiger partial charge on any atom is -0.345 e. The van der Waals surface area contributed by atoms with Crippen molar-refractivity contribution in [1.29, 1.82) is 0 Å². The quantitative estimate of drug-likeness (QED) is 0.588. The van der Waals surface area contributed by atoms with Gasteiger partial charge in [-0.2, -0.15) is 15.0 Å². The smallest absolute Gasteiger partial charge is 0.273 e. The molecule has 0 aliphatic heterocycles. The lowest BCUT2D eigenvalue weighted by molar-refractivity contribution is 0.0944. The number of carbonyl (C=O) groups excluding carboxylic acids is 1. The van der Waals surface area contributed by atoms with Gasteiger partial charge in [0.25, 0.3) is 5.91 Å². The Balaban J connectivity index is 1.44. The second-order valence-corrected chi connectivity index (χ2v) is 5.92. The molecule has 0 bridgehead atoms. The summed E-state index contributed by atoms with van der Waals surface area (Å²) >= 11 is 0. The number of amides is 1. The van der Waals surface area contributed by atoms with Crippen molar-refractivity contribution < 1.29 is 4.79 Å². The number of nitrogens with zero attached hydrogens (tertiary/aromatic N) is 6. The van der Waals surface area contributed by atoms with E-state index in [0.717, 1.165) is 22.6 Å². The maximum atomic E-state index is 12.4. The second kappa shape index (κ2) is 7.20. The Labute approximate surface area is 155 Å². The molecular formula is C19H17N7O. The standard InChI is InChI=1S/C19H17N7O/c1-25-16(10-17(23-25)14-6-5-9-20-11-14)12-21-19(27)18-13-22-26(24-18)15-7-3-2-4-8-15/h2-11,13H,12H2,1H3,(H,21,27). The highest BCUT2D eigenvalue weighted by molar-refractivity contribution is 5.91. The zero-order valence-corrected chi connectivity index (χ0v) is 14.6. The zero-order valence-electron chi connectivity index (χ0n) is 14.6. The van der Waals surface area contributed by atoms with E-state index in [4.69, 9.17) is 0 Å². The Morgan fingerprint density at radius 2 is 1.93 bits per heavy atom. The molecule has 1 N–H and O–H groups in total. The fraction of sp³-hybridized carbons (Fsp3) is 0.105. The number of hydrogen-bond donors (Lipinski definition) is 1. The van der Waals surface area contributed by atoms with Gasteiger partial charge in [0.2, 0.25) is 0 Å². The van der Waals surface area contributed by atoms with Gasteiger partial charge in [-0.3, -0.25) is 14.5 Å². The summed E-state index contributed by atoms with van der Waals surface area (Å²) in [4.78, 5) is 17.9. The van der Waals surface area contributed by atoms with Gasteiger partial charge in [-0.1, -0.05) is 18.2 Å². The van der Waals surface area contributed by atoms with Gasteiger partial charge in [0.1, 0.15) is 0 Å². The molecule has 3 heterocycles. The highest BCUT2D eigenvalue weighted by Crippen LogP contribution is 2.17. The Bertz CT molecular complexity index is 1050. The van der Waals surface area contributed by atoms with Gasteiger partial charge in [-0.05, 0) is 30.3 Å². The van der Waals surface area contributed by atoms with E-state index in [0.29, 0.717) is 6.54 Å². The summed E-state index contributed by atoms with van der Waals surface area (Å²) in [6, 6.07) is 15.2. The maximum Gasteiger partial charge on any atom is 0.273 e. The van der Waals surface area contributed by atoms with Crippen molar-refractivity contribution in [3.8, 4) is 16.9 Å². The number of hydrogen-bond acceptors (Lipinski definition) is 5. The maximum absolute atomic E-state index is 12.4. The van der Waals surface area contributed by atoms with E-state index in [2.05, 4.69) is 25.6 Å². The molecule has 27 heavy (non-hydrogen) atoms. The number of benzene rings is 1. The third kappa shape index (κ3) is 3.59. The lowest BCUT2D eigenvalue weighted by Gasteiger charge is -2.03. The summed E-state index contributed by atoms with van der Waals surface area (Å²) in [6.45, 7) is 0.334. The van der Waals surface area contributed by atoms with E-state index in [1.807, 2.05) is 55.6 Å². The molecule has 0 radical (unpaired) electrons. The first-order chi connectivity index (χ1) is 13.2. The summed E-state index contributed by atoms with van der Waals surface area (Å²) in [7, 11) is 1.84. The zero-order chi connectivity index (χ0) is 18.6. The van der Waals surface area contributed by atoms with E-state index in [-0.39, 0.29) is 11.6 Å². The van der Waals surface area contributed by atoms with E-state index in [1.54, 1.807) is 17.1 Å². The highest BCUT2D eigenvalue weighted by atomic mass is 16.2. The van der Waals surface area contributed by atoms with E-state index < -0.39 is 0 Å². The number of nitrogens with one attached hydrogen (secondary N) is 1. The van der Waals surface area contributed by atoms with Crippen LogP contribution >= 0.6 is 0 Å². The summed E-state index contributed by atoms with van der Waals surface area (Å²) in [5.41, 5.74) is 3.66. The average molecular weight is 359 g/mol. The number of pyridine rings is 1. The molecule has 0 spiro atoms. The molecule has 0 aliphatic carbocycles. The Hall–Kier alpha value is -3.81. The fourth-order valence-electron chi connectivity index (χ4n) is 2.64. The van der Waals surface area contributed by atoms with Gasteiger partial charge in [-0.15, -0.1) is 5.10 Å². The van der Waals surface area contributed by atoms with Crippen molar-refractivity contribution in [3.05, 3.63) is 78.5 Å². The van der Waals surface area contributed by atoms with Crippen LogP contribution in [0.1, 0.15) is 16.2 Å². The van der Waals surface area contributed by atoms with Gasteiger partial charge in [0.05, 0.1) is 29.8 Å². The number of para-hydroxylation sites is 1. The molecule has 1 amide bonds. The van der Waals surface area contributed by atoms with Crippen molar-refractivity contribution >= 4 is 5.91 Å². The molecular weight excluding hydrogens is 342 g/mol. The highest BCUT2D eigenvalue weighted by Gasteiger charge is 2.13. The molecule has 0 saturated heterocycles. The van der Waals surface area contributed by atoms with Crippen LogP contribution in [0, 0.1) is 0 Å². The van der Waals surface area contributed by atoms with Gasteiger partial charge in [0.15, 0.2) is 5.69 Å². The molecule has 1 aromatic carbocycles. The molecule has 8 heteroatoms. The van der Waals surface area contributed by atoms with Gasteiger partial charge in [-0.25, -0.2) is 0 Å². The van der Waals surface area contributed by atoms with E-state index in [1.165, 1.54) is 11.0 Å². The van der Waals surface area contributed by atoms with Crippen molar-refractivity contribution in [1.82, 2.24) is 35.1 Å². The van der Waals surface area contributed by atoms with Crippen LogP contribution in [0.4, 0.5) is 0 Å². The second-order valence-electron chi connectivity index (χ2n) is 5.92. The summed E-state index contributed by atoms with van der Waals surface area (Å²) < 4.78 is 1.74. The van der Waals surface area contributed by atoms with Gasteiger partial charge >= 0.3 is 0 Å². The van der Waals surface area contributed by atoms with Crippen LogP contribution < -0.4 is 5.32 Å². The van der Waals surface area contributed by atoms with E-state index >= 15 is 0 Å². The van der Waals surface area contributed by atoms with Crippen molar-refractivity contribution in [2.75, 3.05) is 0 Å². The van der Waals surface area contributed by atoms with Crippen LogP contribution in [0.2, 0.25) is 0 Å². The van der Waals surface area contributed by atoms with Gasteiger partial charge < -0.3 is 5.32 Å². The molecule has 0 atom stereocenters. The largest absolute Gasteiger partial charge is 0.345 e. The van der Waals surface area contributed by atoms with Crippen LogP contribution in [-0.2, 0) is 13.6 Å².